The molecule has 0 saturated carbocycles. The van der Waals surface area contributed by atoms with E-state index in [1.54, 1.807) is 0 Å². The topological polar surface area (TPSA) is 97.1 Å². The third-order valence-electron chi connectivity index (χ3n) is 2.51. The van der Waals surface area contributed by atoms with Crippen molar-refractivity contribution >= 4 is 10.0 Å². The lowest BCUT2D eigenvalue weighted by Gasteiger charge is -2.06. The molecule has 0 amide bonds. The molecule has 19 heavy (non-hydrogen) atoms. The van der Waals surface area contributed by atoms with Crippen LogP contribution in [0.2, 0.25) is 0 Å². The molecule has 7 nitrogen and oxygen atoms in total. The largest absolute Gasteiger partial charge is 0.340 e. The van der Waals surface area contributed by atoms with Crippen LogP contribution in [-0.4, -0.2) is 43.9 Å². The molecule has 0 unspecified atom stereocenters. The average molecular weight is 290 g/mol. The van der Waals surface area contributed by atoms with Crippen LogP contribution in [0.25, 0.3) is 0 Å². The molecule has 0 saturated heterocycles. The van der Waals surface area contributed by atoms with Crippen LogP contribution in [-0.2, 0) is 16.4 Å². The van der Waals surface area contributed by atoms with E-state index < -0.39 is 10.0 Å². The second-order valence-corrected chi connectivity index (χ2v) is 6.18. The lowest BCUT2D eigenvalue weighted by atomic mass is 10.3. The minimum Gasteiger partial charge on any atom is -0.340 e. The minimum absolute atomic E-state index is 0.157. The number of unbranched alkanes of at least 4 members (excludes halogenated alkanes) is 1. The maximum absolute atomic E-state index is 11.6. The first-order valence-corrected chi connectivity index (χ1v) is 8.23. The molecule has 0 bridgehead atoms. The number of hydrogen-bond acceptors (Lipinski definition) is 6. The Bertz CT molecular complexity index is 419. The van der Waals surface area contributed by atoms with Crippen LogP contribution in [0.1, 0.15) is 32.1 Å². The summed E-state index contributed by atoms with van der Waals surface area (Å²) in [5, 5.41) is 6.69. The van der Waals surface area contributed by atoms with Crippen molar-refractivity contribution in [1.29, 1.82) is 0 Å². The van der Waals surface area contributed by atoms with Crippen LogP contribution < -0.4 is 10.0 Å². The Morgan fingerprint density at radius 1 is 1.26 bits per heavy atom. The van der Waals surface area contributed by atoms with Crippen LogP contribution >= 0.6 is 0 Å². The first-order valence-electron chi connectivity index (χ1n) is 6.57. The molecule has 110 valence electrons. The number of sulfonamides is 1. The van der Waals surface area contributed by atoms with E-state index in [-0.39, 0.29) is 5.75 Å². The van der Waals surface area contributed by atoms with E-state index in [0.29, 0.717) is 25.3 Å². The predicted octanol–water partition coefficient (Wildman–Crippen LogP) is 0.311. The van der Waals surface area contributed by atoms with E-state index in [1.165, 1.54) is 6.33 Å². The molecule has 1 rings (SSSR count). The maximum atomic E-state index is 11.6. The van der Waals surface area contributed by atoms with Crippen molar-refractivity contribution in [2.24, 2.45) is 0 Å². The average Bonchev–Trinajstić information content (AvgIpc) is 2.86. The van der Waals surface area contributed by atoms with Crippen LogP contribution in [0, 0.1) is 0 Å². The van der Waals surface area contributed by atoms with Crippen molar-refractivity contribution in [1.82, 2.24) is 20.2 Å². The summed E-state index contributed by atoms with van der Waals surface area (Å²) in [4.78, 5) is 3.82. The van der Waals surface area contributed by atoms with Gasteiger partial charge in [-0.3, -0.25) is 0 Å². The van der Waals surface area contributed by atoms with Gasteiger partial charge in [-0.1, -0.05) is 12.1 Å². The smallest absolute Gasteiger partial charge is 0.227 e. The number of hydrogen-bond donors (Lipinski definition) is 2. The van der Waals surface area contributed by atoms with Gasteiger partial charge in [0, 0.05) is 13.0 Å². The first-order chi connectivity index (χ1) is 9.14. The number of nitrogens with zero attached hydrogens (tertiary/aromatic N) is 2. The fourth-order valence-corrected chi connectivity index (χ4v) is 2.68. The zero-order valence-electron chi connectivity index (χ0n) is 11.3. The SMILES string of the molecule is CCCNCCCCS(=O)(=O)NCCc1ncno1. The molecule has 0 aliphatic rings. The van der Waals surface area contributed by atoms with Gasteiger partial charge in [0.2, 0.25) is 15.9 Å². The van der Waals surface area contributed by atoms with E-state index in [4.69, 9.17) is 4.52 Å². The second-order valence-electron chi connectivity index (χ2n) is 4.26. The lowest BCUT2D eigenvalue weighted by Crippen LogP contribution is -2.29. The normalized spacial score (nSPS) is 11.8. The second kappa shape index (κ2) is 9.00. The maximum Gasteiger partial charge on any atom is 0.227 e. The lowest BCUT2D eigenvalue weighted by molar-refractivity contribution is 0.377. The quantitative estimate of drug-likeness (QED) is 0.569. The predicted molar refractivity (Wildman–Crippen MR) is 72.2 cm³/mol. The van der Waals surface area contributed by atoms with E-state index in [1.807, 2.05) is 0 Å². The highest BCUT2D eigenvalue weighted by Gasteiger charge is 2.09. The Kier molecular flexibility index (Phi) is 7.61. The Hall–Kier alpha value is -0.990. The van der Waals surface area contributed by atoms with E-state index in [0.717, 1.165) is 25.9 Å². The Morgan fingerprint density at radius 3 is 2.79 bits per heavy atom. The highest BCUT2D eigenvalue weighted by atomic mass is 32.2. The molecular weight excluding hydrogens is 268 g/mol. The summed E-state index contributed by atoms with van der Waals surface area (Å²) < 4.78 is 30.6. The molecule has 0 atom stereocenters. The van der Waals surface area contributed by atoms with Crippen molar-refractivity contribution in [3.05, 3.63) is 12.2 Å². The third-order valence-corrected chi connectivity index (χ3v) is 3.98. The summed E-state index contributed by atoms with van der Waals surface area (Å²) in [5.74, 6) is 0.594. The van der Waals surface area contributed by atoms with Gasteiger partial charge >= 0.3 is 0 Å². The summed E-state index contributed by atoms with van der Waals surface area (Å²) in [6.45, 7) is 4.24. The molecule has 0 radical (unpaired) electrons. The monoisotopic (exact) mass is 290 g/mol. The van der Waals surface area contributed by atoms with Gasteiger partial charge < -0.3 is 9.84 Å². The molecule has 0 aliphatic carbocycles. The van der Waals surface area contributed by atoms with Gasteiger partial charge in [-0.25, -0.2) is 13.1 Å². The number of nitrogens with one attached hydrogen (secondary N) is 2. The molecule has 2 N–H and O–H groups in total. The summed E-state index contributed by atoms with van der Waals surface area (Å²) in [5.41, 5.74) is 0. The zero-order valence-corrected chi connectivity index (χ0v) is 12.1. The van der Waals surface area contributed by atoms with Crippen molar-refractivity contribution in [3.63, 3.8) is 0 Å². The summed E-state index contributed by atoms with van der Waals surface area (Å²) >= 11 is 0. The van der Waals surface area contributed by atoms with E-state index in [9.17, 15) is 8.42 Å². The highest BCUT2D eigenvalue weighted by Crippen LogP contribution is 1.96. The standard InChI is InChI=1S/C11H22N4O3S/c1-2-6-12-7-3-4-9-19(16,17)15-8-5-11-13-10-14-18-11/h10,12,15H,2-9H2,1H3. The van der Waals surface area contributed by atoms with Gasteiger partial charge in [-0.2, -0.15) is 4.98 Å². The molecule has 0 spiro atoms. The summed E-state index contributed by atoms with van der Waals surface area (Å²) in [7, 11) is -3.20. The Labute approximate surface area is 114 Å². The molecule has 1 heterocycles. The van der Waals surface area contributed by atoms with Crippen LogP contribution in [0.5, 0.6) is 0 Å². The summed E-state index contributed by atoms with van der Waals surface area (Å²) in [6, 6.07) is 0. The molecule has 0 aromatic carbocycles. The highest BCUT2D eigenvalue weighted by molar-refractivity contribution is 7.89. The fraction of sp³-hybridized carbons (Fsp3) is 0.818. The minimum atomic E-state index is -3.20. The molecule has 8 heteroatoms. The van der Waals surface area contributed by atoms with Crippen LogP contribution in [0.15, 0.2) is 10.9 Å². The van der Waals surface area contributed by atoms with Crippen molar-refractivity contribution in [2.45, 2.75) is 32.6 Å². The van der Waals surface area contributed by atoms with Crippen molar-refractivity contribution < 1.29 is 12.9 Å². The Balaban J connectivity index is 2.07. The van der Waals surface area contributed by atoms with Gasteiger partial charge in [0.15, 0.2) is 6.33 Å². The van der Waals surface area contributed by atoms with Gasteiger partial charge in [0.25, 0.3) is 0 Å². The summed E-state index contributed by atoms with van der Waals surface area (Å²) in [6.07, 6.45) is 4.33. The van der Waals surface area contributed by atoms with Gasteiger partial charge in [0.05, 0.1) is 5.75 Å². The molecule has 0 fully saturated rings. The van der Waals surface area contributed by atoms with Crippen LogP contribution in [0.3, 0.4) is 0 Å². The van der Waals surface area contributed by atoms with Gasteiger partial charge in [-0.15, -0.1) is 0 Å². The van der Waals surface area contributed by atoms with Crippen LogP contribution in [0.4, 0.5) is 0 Å². The van der Waals surface area contributed by atoms with Gasteiger partial charge in [0.1, 0.15) is 0 Å². The molecule has 1 aromatic rings. The third kappa shape index (κ3) is 7.91. The van der Waals surface area contributed by atoms with Crippen molar-refractivity contribution in [2.75, 3.05) is 25.4 Å². The molecule has 1 aromatic heterocycles. The van der Waals surface area contributed by atoms with E-state index >= 15 is 0 Å². The fourth-order valence-electron chi connectivity index (χ4n) is 1.54. The number of aromatic nitrogens is 2. The molecule has 0 aliphatic heterocycles. The van der Waals surface area contributed by atoms with E-state index in [2.05, 4.69) is 27.1 Å². The Morgan fingerprint density at radius 2 is 2.11 bits per heavy atom. The van der Waals surface area contributed by atoms with Gasteiger partial charge in [-0.05, 0) is 32.4 Å². The molecular formula is C11H22N4O3S. The first kappa shape index (κ1) is 16.1. The zero-order chi connectivity index (χ0) is 14.0. The number of rotatable bonds is 11. The van der Waals surface area contributed by atoms with Crippen molar-refractivity contribution in [3.8, 4) is 0 Å².